The first kappa shape index (κ1) is 17.4. The average Bonchev–Trinajstić information content (AvgIpc) is 2.51. The second-order valence-electron chi connectivity index (χ2n) is 6.70. The average molecular weight is 312 g/mol. The van der Waals surface area contributed by atoms with Crippen molar-refractivity contribution in [1.82, 2.24) is 0 Å². The summed E-state index contributed by atoms with van der Waals surface area (Å²) < 4.78 is 36.1. The lowest BCUT2D eigenvalue weighted by Crippen LogP contribution is -2.13. The van der Waals surface area contributed by atoms with Gasteiger partial charge in [-0.15, -0.1) is 0 Å². The topological polar surface area (TPSA) is 0 Å². The highest BCUT2D eigenvalue weighted by Gasteiger charge is 2.26. The fourth-order valence-electron chi connectivity index (χ4n) is 3.62. The van der Waals surface area contributed by atoms with Crippen molar-refractivity contribution in [1.29, 1.82) is 0 Å². The molecular formula is C19H27F3. The van der Waals surface area contributed by atoms with E-state index >= 15 is 0 Å². The van der Waals surface area contributed by atoms with Crippen LogP contribution in [0.1, 0.15) is 75.7 Å². The van der Waals surface area contributed by atoms with Gasteiger partial charge in [0.25, 0.3) is 0 Å². The highest BCUT2D eigenvalue weighted by Crippen LogP contribution is 2.37. The maximum atomic E-state index is 12.0. The lowest BCUT2D eigenvalue weighted by Gasteiger charge is -2.28. The molecular weight excluding hydrogens is 285 g/mol. The van der Waals surface area contributed by atoms with E-state index in [0.29, 0.717) is 12.3 Å². The molecule has 0 heterocycles. The number of hydrogen-bond donors (Lipinski definition) is 0. The van der Waals surface area contributed by atoms with Gasteiger partial charge in [0.15, 0.2) is 0 Å². The van der Waals surface area contributed by atoms with Crippen molar-refractivity contribution in [2.75, 3.05) is 0 Å². The van der Waals surface area contributed by atoms with Gasteiger partial charge in [-0.2, -0.15) is 13.2 Å². The molecule has 1 aliphatic carbocycles. The molecule has 1 saturated carbocycles. The summed E-state index contributed by atoms with van der Waals surface area (Å²) in [5.74, 6) is 1.51. The van der Waals surface area contributed by atoms with Crippen LogP contribution in [0.3, 0.4) is 0 Å². The molecule has 124 valence electrons. The number of unbranched alkanes of at least 4 members (excludes halogenated alkanes) is 3. The molecule has 0 aliphatic heterocycles. The third-order valence-electron chi connectivity index (χ3n) is 4.94. The molecule has 0 aromatic heterocycles. The Morgan fingerprint density at radius 1 is 0.818 bits per heavy atom. The van der Waals surface area contributed by atoms with Gasteiger partial charge in [0.2, 0.25) is 0 Å². The van der Waals surface area contributed by atoms with Crippen LogP contribution >= 0.6 is 0 Å². The molecule has 0 bridgehead atoms. The van der Waals surface area contributed by atoms with Crippen LogP contribution < -0.4 is 0 Å². The van der Waals surface area contributed by atoms with E-state index in [1.54, 1.807) is 0 Å². The van der Waals surface area contributed by atoms with Crippen LogP contribution in [-0.2, 0) is 0 Å². The molecule has 1 aliphatic rings. The second-order valence-corrected chi connectivity index (χ2v) is 6.70. The highest BCUT2D eigenvalue weighted by molar-refractivity contribution is 5.19. The monoisotopic (exact) mass is 312 g/mol. The summed E-state index contributed by atoms with van der Waals surface area (Å²) in [6.45, 7) is 0. The van der Waals surface area contributed by atoms with Crippen molar-refractivity contribution in [3.63, 3.8) is 0 Å². The lowest BCUT2D eigenvalue weighted by atomic mass is 9.77. The minimum absolute atomic E-state index is 0.296. The Labute approximate surface area is 132 Å². The summed E-state index contributed by atoms with van der Waals surface area (Å²) in [6, 6.07) is 10.7. The maximum absolute atomic E-state index is 12.0. The summed E-state index contributed by atoms with van der Waals surface area (Å²) in [4.78, 5) is 0. The summed E-state index contributed by atoms with van der Waals surface area (Å²) >= 11 is 0. The van der Waals surface area contributed by atoms with E-state index in [-0.39, 0.29) is 0 Å². The Kier molecular flexibility index (Phi) is 6.78. The van der Waals surface area contributed by atoms with Gasteiger partial charge in [0, 0.05) is 6.42 Å². The van der Waals surface area contributed by atoms with E-state index < -0.39 is 12.6 Å². The first-order valence-corrected chi connectivity index (χ1v) is 8.66. The fourth-order valence-corrected chi connectivity index (χ4v) is 3.62. The van der Waals surface area contributed by atoms with Crippen molar-refractivity contribution < 1.29 is 13.2 Å². The molecule has 1 aromatic carbocycles. The highest BCUT2D eigenvalue weighted by atomic mass is 19.4. The van der Waals surface area contributed by atoms with E-state index in [4.69, 9.17) is 0 Å². The number of alkyl halides is 3. The molecule has 2 rings (SSSR count). The van der Waals surface area contributed by atoms with Gasteiger partial charge >= 0.3 is 6.18 Å². The number of hydrogen-bond acceptors (Lipinski definition) is 0. The standard InChI is InChI=1S/C19H27F3/c20-19(21,22)15-7-2-1-4-8-16-11-13-18(14-12-16)17-9-5-3-6-10-17/h3,5-6,9-10,16,18H,1-2,4,7-8,11-15H2. The van der Waals surface area contributed by atoms with Crippen LogP contribution in [0, 0.1) is 5.92 Å². The summed E-state index contributed by atoms with van der Waals surface area (Å²) in [5, 5.41) is 0. The van der Waals surface area contributed by atoms with Gasteiger partial charge in [-0.25, -0.2) is 0 Å². The molecule has 0 unspecified atom stereocenters. The Bertz CT molecular complexity index is 402. The first-order valence-electron chi connectivity index (χ1n) is 8.66. The zero-order chi connectivity index (χ0) is 15.8. The smallest absolute Gasteiger partial charge is 0.171 e. The van der Waals surface area contributed by atoms with Crippen molar-refractivity contribution in [2.45, 2.75) is 76.3 Å². The van der Waals surface area contributed by atoms with Gasteiger partial charge in [-0.05, 0) is 49.5 Å². The predicted molar refractivity (Wildman–Crippen MR) is 84.9 cm³/mol. The molecule has 0 radical (unpaired) electrons. The second kappa shape index (κ2) is 8.59. The van der Waals surface area contributed by atoms with Crippen molar-refractivity contribution in [3.8, 4) is 0 Å². The summed E-state index contributed by atoms with van der Waals surface area (Å²) in [7, 11) is 0. The molecule has 22 heavy (non-hydrogen) atoms. The Morgan fingerprint density at radius 2 is 1.45 bits per heavy atom. The van der Waals surface area contributed by atoms with Gasteiger partial charge in [-0.1, -0.05) is 56.0 Å². The Morgan fingerprint density at radius 3 is 2.09 bits per heavy atom. The molecule has 0 atom stereocenters. The van der Waals surface area contributed by atoms with E-state index in [9.17, 15) is 13.2 Å². The van der Waals surface area contributed by atoms with E-state index in [1.165, 1.54) is 37.7 Å². The minimum atomic E-state index is -3.98. The molecule has 1 aromatic rings. The predicted octanol–water partition coefficient (Wildman–Crippen LogP) is 6.86. The third kappa shape index (κ3) is 6.41. The lowest BCUT2D eigenvalue weighted by molar-refractivity contribution is -0.135. The van der Waals surface area contributed by atoms with Crippen LogP contribution in [0.15, 0.2) is 30.3 Å². The van der Waals surface area contributed by atoms with Gasteiger partial charge in [0.1, 0.15) is 0 Å². The van der Waals surface area contributed by atoms with E-state index in [0.717, 1.165) is 25.2 Å². The van der Waals surface area contributed by atoms with Crippen molar-refractivity contribution in [2.24, 2.45) is 5.92 Å². The molecule has 0 N–H and O–H groups in total. The van der Waals surface area contributed by atoms with E-state index in [2.05, 4.69) is 30.3 Å². The largest absolute Gasteiger partial charge is 0.389 e. The quantitative estimate of drug-likeness (QED) is 0.482. The van der Waals surface area contributed by atoms with Gasteiger partial charge in [0.05, 0.1) is 0 Å². The summed E-state index contributed by atoms with van der Waals surface area (Å²) in [5.41, 5.74) is 1.47. The molecule has 0 spiro atoms. The van der Waals surface area contributed by atoms with Crippen molar-refractivity contribution in [3.05, 3.63) is 35.9 Å². The van der Waals surface area contributed by atoms with Crippen LogP contribution in [0.2, 0.25) is 0 Å². The zero-order valence-corrected chi connectivity index (χ0v) is 13.2. The van der Waals surface area contributed by atoms with E-state index in [1.807, 2.05) is 0 Å². The zero-order valence-electron chi connectivity index (χ0n) is 13.2. The van der Waals surface area contributed by atoms with Crippen LogP contribution in [0.25, 0.3) is 0 Å². The molecule has 0 nitrogen and oxygen atoms in total. The normalized spacial score (nSPS) is 22.7. The van der Waals surface area contributed by atoms with Crippen molar-refractivity contribution >= 4 is 0 Å². The van der Waals surface area contributed by atoms with Crippen LogP contribution in [0.4, 0.5) is 13.2 Å². The van der Waals surface area contributed by atoms with Crippen LogP contribution in [0.5, 0.6) is 0 Å². The Balaban J connectivity index is 1.55. The molecule has 3 heteroatoms. The maximum Gasteiger partial charge on any atom is 0.389 e. The van der Waals surface area contributed by atoms with Gasteiger partial charge < -0.3 is 0 Å². The third-order valence-corrected chi connectivity index (χ3v) is 4.94. The number of rotatable bonds is 7. The Hall–Kier alpha value is -0.990. The molecule has 0 saturated heterocycles. The number of halogens is 3. The number of benzene rings is 1. The molecule has 1 fully saturated rings. The summed E-state index contributed by atoms with van der Waals surface area (Å²) in [6.07, 6.45) is 4.77. The van der Waals surface area contributed by atoms with Crippen LogP contribution in [-0.4, -0.2) is 6.18 Å². The SMILES string of the molecule is FC(F)(F)CCCCCCC1CCC(c2ccccc2)CC1. The fraction of sp³-hybridized carbons (Fsp3) is 0.684. The molecule has 0 amide bonds. The first-order chi connectivity index (χ1) is 10.5. The van der Waals surface area contributed by atoms with Gasteiger partial charge in [-0.3, -0.25) is 0 Å². The minimum Gasteiger partial charge on any atom is -0.171 e.